The maximum absolute atomic E-state index is 12.1. The molecule has 1 amide bonds. The summed E-state index contributed by atoms with van der Waals surface area (Å²) < 4.78 is 0.924. The van der Waals surface area contributed by atoms with Gasteiger partial charge in [-0.3, -0.25) is 9.69 Å². The molecule has 1 heterocycles. The zero-order chi connectivity index (χ0) is 15.4. The molecule has 22 heavy (non-hydrogen) atoms. The molecule has 0 saturated heterocycles. The number of fused-ring (bicyclic) bond motifs is 1. The van der Waals surface area contributed by atoms with E-state index in [1.54, 1.807) is 0 Å². The standard InChI is InChI=1S/C18H19BrN2O/c19-17-7-3-6-15(12-17)18(22)20-9-11-21-10-8-14-4-1-2-5-16(14)13-21/h1-7,12H,8-11,13H2,(H,20,22). The number of hydrogen-bond donors (Lipinski definition) is 1. The molecule has 2 aromatic rings. The first-order valence-electron chi connectivity index (χ1n) is 7.55. The SMILES string of the molecule is O=C(NCCN1CCc2ccccc2C1)c1cccc(Br)c1. The van der Waals surface area contributed by atoms with Gasteiger partial charge in [0.15, 0.2) is 0 Å². The Kier molecular flexibility index (Phi) is 4.90. The van der Waals surface area contributed by atoms with Crippen LogP contribution in [0, 0.1) is 0 Å². The fourth-order valence-corrected chi connectivity index (χ4v) is 3.20. The van der Waals surface area contributed by atoms with E-state index < -0.39 is 0 Å². The summed E-state index contributed by atoms with van der Waals surface area (Å²) >= 11 is 3.39. The lowest BCUT2D eigenvalue weighted by Crippen LogP contribution is -2.37. The lowest BCUT2D eigenvalue weighted by molar-refractivity contribution is 0.0947. The van der Waals surface area contributed by atoms with Gasteiger partial charge >= 0.3 is 0 Å². The van der Waals surface area contributed by atoms with Crippen molar-refractivity contribution in [2.24, 2.45) is 0 Å². The predicted octanol–water partition coefficient (Wildman–Crippen LogP) is 3.24. The van der Waals surface area contributed by atoms with E-state index in [0.29, 0.717) is 12.1 Å². The highest BCUT2D eigenvalue weighted by molar-refractivity contribution is 9.10. The van der Waals surface area contributed by atoms with E-state index in [1.165, 1.54) is 11.1 Å². The van der Waals surface area contributed by atoms with Crippen molar-refractivity contribution in [1.82, 2.24) is 10.2 Å². The molecule has 1 aliphatic heterocycles. The molecule has 3 rings (SSSR count). The van der Waals surface area contributed by atoms with Gasteiger partial charge in [-0.15, -0.1) is 0 Å². The van der Waals surface area contributed by atoms with Crippen LogP contribution in [0.4, 0.5) is 0 Å². The predicted molar refractivity (Wildman–Crippen MR) is 91.9 cm³/mol. The number of nitrogens with zero attached hydrogens (tertiary/aromatic N) is 1. The van der Waals surface area contributed by atoms with Crippen molar-refractivity contribution in [1.29, 1.82) is 0 Å². The third-order valence-electron chi connectivity index (χ3n) is 4.01. The summed E-state index contributed by atoms with van der Waals surface area (Å²) in [6, 6.07) is 16.1. The first-order chi connectivity index (χ1) is 10.7. The number of hydrogen-bond acceptors (Lipinski definition) is 2. The average Bonchev–Trinajstić information content (AvgIpc) is 2.54. The molecule has 3 nitrogen and oxygen atoms in total. The number of halogens is 1. The minimum absolute atomic E-state index is 0.0151. The Morgan fingerprint density at radius 3 is 2.77 bits per heavy atom. The zero-order valence-corrected chi connectivity index (χ0v) is 14.0. The summed E-state index contributed by atoms with van der Waals surface area (Å²) in [5, 5.41) is 3.00. The monoisotopic (exact) mass is 358 g/mol. The third kappa shape index (κ3) is 3.76. The van der Waals surface area contributed by atoms with Crippen molar-refractivity contribution < 1.29 is 4.79 Å². The Bertz CT molecular complexity index is 672. The minimum Gasteiger partial charge on any atom is -0.351 e. The Balaban J connectivity index is 1.49. The quantitative estimate of drug-likeness (QED) is 0.909. The van der Waals surface area contributed by atoms with E-state index in [9.17, 15) is 4.79 Å². The highest BCUT2D eigenvalue weighted by atomic mass is 79.9. The summed E-state index contributed by atoms with van der Waals surface area (Å²) in [5.41, 5.74) is 3.56. The highest BCUT2D eigenvalue weighted by Crippen LogP contribution is 2.17. The topological polar surface area (TPSA) is 32.3 Å². The largest absolute Gasteiger partial charge is 0.351 e. The van der Waals surface area contributed by atoms with Gasteiger partial charge in [0.05, 0.1) is 0 Å². The molecule has 0 radical (unpaired) electrons. The molecule has 1 N–H and O–H groups in total. The van der Waals surface area contributed by atoms with E-state index >= 15 is 0 Å². The average molecular weight is 359 g/mol. The zero-order valence-electron chi connectivity index (χ0n) is 12.4. The number of carbonyl (C=O) groups is 1. The molecule has 0 saturated carbocycles. The highest BCUT2D eigenvalue weighted by Gasteiger charge is 2.15. The van der Waals surface area contributed by atoms with Crippen LogP contribution < -0.4 is 5.32 Å². The Morgan fingerprint density at radius 2 is 1.95 bits per heavy atom. The Labute approximate surface area is 139 Å². The summed E-state index contributed by atoms with van der Waals surface area (Å²) in [4.78, 5) is 14.5. The number of amides is 1. The molecule has 0 atom stereocenters. The molecule has 0 unspecified atom stereocenters. The van der Waals surface area contributed by atoms with Gasteiger partial charge in [-0.25, -0.2) is 0 Å². The third-order valence-corrected chi connectivity index (χ3v) is 4.50. The van der Waals surface area contributed by atoms with Gasteiger partial charge in [0.25, 0.3) is 5.91 Å². The van der Waals surface area contributed by atoms with Crippen LogP contribution in [-0.2, 0) is 13.0 Å². The molecule has 0 bridgehead atoms. The van der Waals surface area contributed by atoms with Crippen molar-refractivity contribution in [2.75, 3.05) is 19.6 Å². The second-order valence-corrected chi connectivity index (χ2v) is 6.48. The Hall–Kier alpha value is -1.65. The van der Waals surface area contributed by atoms with Crippen LogP contribution in [0.1, 0.15) is 21.5 Å². The van der Waals surface area contributed by atoms with Crippen LogP contribution >= 0.6 is 15.9 Å². The smallest absolute Gasteiger partial charge is 0.251 e. The van der Waals surface area contributed by atoms with Gasteiger partial charge in [-0.2, -0.15) is 0 Å². The molecule has 0 fully saturated rings. The summed E-state index contributed by atoms with van der Waals surface area (Å²) in [5.74, 6) is -0.0151. The molecule has 4 heteroatoms. The van der Waals surface area contributed by atoms with Gasteiger partial charge in [-0.1, -0.05) is 46.3 Å². The summed E-state index contributed by atoms with van der Waals surface area (Å²) in [6.07, 6.45) is 1.09. The first kappa shape index (κ1) is 15.3. The van der Waals surface area contributed by atoms with E-state index in [1.807, 2.05) is 24.3 Å². The molecule has 0 spiro atoms. The van der Waals surface area contributed by atoms with Crippen LogP contribution in [0.5, 0.6) is 0 Å². The normalized spacial score (nSPS) is 14.4. The fourth-order valence-electron chi connectivity index (χ4n) is 2.80. The molecule has 0 aliphatic carbocycles. The molecular formula is C18H19BrN2O. The van der Waals surface area contributed by atoms with Gasteiger partial charge in [0.1, 0.15) is 0 Å². The van der Waals surface area contributed by atoms with Crippen LogP contribution in [-0.4, -0.2) is 30.4 Å². The van der Waals surface area contributed by atoms with Gasteiger partial charge in [0, 0.05) is 36.2 Å². The van der Waals surface area contributed by atoms with Crippen LogP contribution in [0.25, 0.3) is 0 Å². The second kappa shape index (κ2) is 7.07. The number of nitrogens with one attached hydrogen (secondary N) is 1. The number of benzene rings is 2. The van der Waals surface area contributed by atoms with Gasteiger partial charge in [-0.05, 0) is 35.7 Å². The minimum atomic E-state index is -0.0151. The summed E-state index contributed by atoms with van der Waals surface area (Å²) in [6.45, 7) is 3.59. The number of rotatable bonds is 4. The Morgan fingerprint density at radius 1 is 1.14 bits per heavy atom. The summed E-state index contributed by atoms with van der Waals surface area (Å²) in [7, 11) is 0. The second-order valence-electron chi connectivity index (χ2n) is 5.56. The van der Waals surface area contributed by atoms with Gasteiger partial charge in [0.2, 0.25) is 0 Å². The van der Waals surface area contributed by atoms with E-state index in [0.717, 1.165) is 30.5 Å². The van der Waals surface area contributed by atoms with Crippen molar-refractivity contribution in [2.45, 2.75) is 13.0 Å². The van der Waals surface area contributed by atoms with E-state index in [4.69, 9.17) is 0 Å². The van der Waals surface area contributed by atoms with Crippen LogP contribution in [0.3, 0.4) is 0 Å². The van der Waals surface area contributed by atoms with Crippen molar-refractivity contribution >= 4 is 21.8 Å². The fraction of sp³-hybridized carbons (Fsp3) is 0.278. The lowest BCUT2D eigenvalue weighted by Gasteiger charge is -2.28. The molecule has 114 valence electrons. The maximum Gasteiger partial charge on any atom is 0.251 e. The van der Waals surface area contributed by atoms with Crippen molar-refractivity contribution in [3.8, 4) is 0 Å². The molecule has 0 aromatic heterocycles. The van der Waals surface area contributed by atoms with Crippen LogP contribution in [0.15, 0.2) is 53.0 Å². The number of carbonyl (C=O) groups excluding carboxylic acids is 1. The van der Waals surface area contributed by atoms with E-state index in [-0.39, 0.29) is 5.91 Å². The van der Waals surface area contributed by atoms with Crippen molar-refractivity contribution in [3.05, 3.63) is 69.7 Å². The van der Waals surface area contributed by atoms with Crippen molar-refractivity contribution in [3.63, 3.8) is 0 Å². The van der Waals surface area contributed by atoms with Gasteiger partial charge < -0.3 is 5.32 Å². The molecular weight excluding hydrogens is 340 g/mol. The lowest BCUT2D eigenvalue weighted by atomic mass is 10.00. The van der Waals surface area contributed by atoms with Crippen LogP contribution in [0.2, 0.25) is 0 Å². The van der Waals surface area contributed by atoms with E-state index in [2.05, 4.69) is 50.4 Å². The molecule has 1 aliphatic rings. The molecule has 2 aromatic carbocycles. The maximum atomic E-state index is 12.1. The first-order valence-corrected chi connectivity index (χ1v) is 8.34.